The van der Waals surface area contributed by atoms with E-state index in [4.69, 9.17) is 5.11 Å². The largest absolute Gasteiger partial charge is 0.480 e. The zero-order valence-electron chi connectivity index (χ0n) is 11.8. The van der Waals surface area contributed by atoms with Gasteiger partial charge in [-0.05, 0) is 31.9 Å². The van der Waals surface area contributed by atoms with E-state index < -0.39 is 24.1 Å². The van der Waals surface area contributed by atoms with E-state index in [1.807, 2.05) is 31.2 Å². The summed E-state index contributed by atoms with van der Waals surface area (Å²) in [5.74, 6) is -1.28. The monoisotopic (exact) mass is 280 g/mol. The quantitative estimate of drug-likeness (QED) is 0.651. The first-order valence-electron chi connectivity index (χ1n) is 6.36. The first-order chi connectivity index (χ1) is 9.32. The molecule has 0 radical (unpaired) electrons. The Morgan fingerprint density at radius 1 is 1.15 bits per heavy atom. The molecule has 6 heteroatoms. The van der Waals surface area contributed by atoms with Gasteiger partial charge in [0.2, 0.25) is 0 Å². The minimum absolute atomic E-state index is 0.264. The van der Waals surface area contributed by atoms with Crippen LogP contribution < -0.4 is 10.6 Å². The maximum atomic E-state index is 11.8. The molecule has 4 N–H and O–H groups in total. The van der Waals surface area contributed by atoms with Gasteiger partial charge < -0.3 is 20.8 Å². The Morgan fingerprint density at radius 2 is 1.75 bits per heavy atom. The second kappa shape index (κ2) is 6.91. The number of hydrogen-bond acceptors (Lipinski definition) is 3. The fraction of sp³-hybridized carbons (Fsp3) is 0.429. The van der Waals surface area contributed by atoms with Crippen LogP contribution in [0.1, 0.15) is 31.0 Å². The molecule has 6 nitrogen and oxygen atoms in total. The number of amides is 2. The van der Waals surface area contributed by atoms with Gasteiger partial charge in [0.1, 0.15) is 0 Å². The second-order valence-corrected chi connectivity index (χ2v) is 4.75. The Kier molecular flexibility index (Phi) is 5.52. The summed E-state index contributed by atoms with van der Waals surface area (Å²) in [5, 5.41) is 23.1. The molecule has 0 heterocycles. The van der Waals surface area contributed by atoms with Crippen LogP contribution in [0.4, 0.5) is 4.79 Å². The Morgan fingerprint density at radius 3 is 2.25 bits per heavy atom. The number of urea groups is 1. The SMILES string of the molecule is Cc1ccccc1C(C)NC(=O)NC(C(=O)O)C(C)O. The Hall–Kier alpha value is -2.08. The lowest BCUT2D eigenvalue weighted by Crippen LogP contribution is -2.51. The van der Waals surface area contributed by atoms with E-state index in [0.717, 1.165) is 11.1 Å². The fourth-order valence-corrected chi connectivity index (χ4v) is 1.92. The summed E-state index contributed by atoms with van der Waals surface area (Å²) in [6.07, 6.45) is -1.17. The molecular formula is C14H20N2O4. The molecule has 0 saturated carbocycles. The number of nitrogens with one attached hydrogen (secondary N) is 2. The van der Waals surface area contributed by atoms with Crippen molar-refractivity contribution in [1.82, 2.24) is 10.6 Å². The van der Waals surface area contributed by atoms with Crippen LogP contribution in [0.15, 0.2) is 24.3 Å². The lowest BCUT2D eigenvalue weighted by atomic mass is 10.0. The Bertz CT molecular complexity index is 488. The van der Waals surface area contributed by atoms with E-state index in [-0.39, 0.29) is 6.04 Å². The maximum absolute atomic E-state index is 11.8. The number of aliphatic hydroxyl groups excluding tert-OH is 1. The smallest absolute Gasteiger partial charge is 0.328 e. The van der Waals surface area contributed by atoms with Crippen molar-refractivity contribution >= 4 is 12.0 Å². The number of aryl methyl sites for hydroxylation is 1. The van der Waals surface area contributed by atoms with Crippen molar-refractivity contribution in [3.05, 3.63) is 35.4 Å². The lowest BCUT2D eigenvalue weighted by molar-refractivity contribution is -0.141. The number of hydrogen-bond donors (Lipinski definition) is 4. The van der Waals surface area contributed by atoms with E-state index in [1.165, 1.54) is 6.92 Å². The summed E-state index contributed by atoms with van der Waals surface area (Å²) in [5.41, 5.74) is 1.98. The highest BCUT2D eigenvalue weighted by Crippen LogP contribution is 2.16. The van der Waals surface area contributed by atoms with Crippen LogP contribution in [0, 0.1) is 6.92 Å². The molecule has 0 saturated heterocycles. The number of carbonyl (C=O) groups excluding carboxylic acids is 1. The molecular weight excluding hydrogens is 260 g/mol. The highest BCUT2D eigenvalue weighted by atomic mass is 16.4. The predicted octanol–water partition coefficient (Wildman–Crippen LogP) is 1.19. The summed E-state index contributed by atoms with van der Waals surface area (Å²) < 4.78 is 0. The van der Waals surface area contributed by atoms with Crippen LogP contribution in [0.5, 0.6) is 0 Å². The van der Waals surface area contributed by atoms with Gasteiger partial charge in [-0.15, -0.1) is 0 Å². The molecule has 110 valence electrons. The third kappa shape index (κ3) is 4.24. The van der Waals surface area contributed by atoms with Gasteiger partial charge in [0, 0.05) is 0 Å². The molecule has 0 aliphatic heterocycles. The third-order valence-electron chi connectivity index (χ3n) is 3.04. The molecule has 0 aromatic heterocycles. The number of benzene rings is 1. The van der Waals surface area contributed by atoms with Crippen LogP contribution in [-0.4, -0.2) is 34.4 Å². The van der Waals surface area contributed by atoms with Gasteiger partial charge in [-0.25, -0.2) is 9.59 Å². The first-order valence-corrected chi connectivity index (χ1v) is 6.36. The highest BCUT2D eigenvalue weighted by Gasteiger charge is 2.25. The number of aliphatic hydroxyl groups is 1. The van der Waals surface area contributed by atoms with Crippen molar-refractivity contribution in [3.63, 3.8) is 0 Å². The lowest BCUT2D eigenvalue weighted by Gasteiger charge is -2.21. The zero-order valence-corrected chi connectivity index (χ0v) is 11.8. The van der Waals surface area contributed by atoms with E-state index in [2.05, 4.69) is 10.6 Å². The van der Waals surface area contributed by atoms with Crippen molar-refractivity contribution < 1.29 is 19.8 Å². The molecule has 1 aromatic carbocycles. The highest BCUT2D eigenvalue weighted by molar-refractivity contribution is 5.83. The number of carboxylic acids is 1. The van der Waals surface area contributed by atoms with Crippen molar-refractivity contribution in [2.75, 3.05) is 0 Å². The second-order valence-electron chi connectivity index (χ2n) is 4.75. The zero-order chi connectivity index (χ0) is 15.3. The van der Waals surface area contributed by atoms with E-state index in [9.17, 15) is 14.7 Å². The third-order valence-corrected chi connectivity index (χ3v) is 3.04. The molecule has 1 aromatic rings. The van der Waals surface area contributed by atoms with Gasteiger partial charge in [-0.3, -0.25) is 0 Å². The molecule has 3 unspecified atom stereocenters. The molecule has 2 amide bonds. The summed E-state index contributed by atoms with van der Waals surface area (Å²) >= 11 is 0. The normalized spacial score (nSPS) is 15.0. The van der Waals surface area contributed by atoms with Crippen molar-refractivity contribution in [2.45, 2.75) is 39.0 Å². The van der Waals surface area contributed by atoms with E-state index >= 15 is 0 Å². The average molecular weight is 280 g/mol. The predicted molar refractivity (Wildman–Crippen MR) is 74.4 cm³/mol. The molecule has 0 aliphatic carbocycles. The van der Waals surface area contributed by atoms with Gasteiger partial charge in [0.05, 0.1) is 12.1 Å². The Labute approximate surface area is 117 Å². The molecule has 3 atom stereocenters. The van der Waals surface area contributed by atoms with Gasteiger partial charge in [-0.2, -0.15) is 0 Å². The molecule has 1 rings (SSSR count). The number of aliphatic carboxylic acids is 1. The van der Waals surface area contributed by atoms with Crippen molar-refractivity contribution in [1.29, 1.82) is 0 Å². The van der Waals surface area contributed by atoms with Crippen LogP contribution >= 0.6 is 0 Å². The standard InChI is InChI=1S/C14H20N2O4/c1-8-6-4-5-7-11(8)9(2)15-14(20)16-12(10(3)17)13(18)19/h4-7,9-10,12,17H,1-3H3,(H,18,19)(H2,15,16,20). The number of rotatable bonds is 5. The van der Waals surface area contributed by atoms with Crippen molar-refractivity contribution in [2.24, 2.45) is 0 Å². The van der Waals surface area contributed by atoms with Gasteiger partial charge >= 0.3 is 12.0 Å². The molecule has 0 spiro atoms. The summed E-state index contributed by atoms with van der Waals surface area (Å²) in [6, 6.07) is 5.37. The minimum atomic E-state index is -1.33. The summed E-state index contributed by atoms with van der Waals surface area (Å²) in [7, 11) is 0. The van der Waals surface area contributed by atoms with Crippen LogP contribution in [0.3, 0.4) is 0 Å². The van der Waals surface area contributed by atoms with E-state index in [0.29, 0.717) is 0 Å². The van der Waals surface area contributed by atoms with Gasteiger partial charge in [0.25, 0.3) is 0 Å². The van der Waals surface area contributed by atoms with Gasteiger partial charge in [0.15, 0.2) is 6.04 Å². The van der Waals surface area contributed by atoms with Crippen LogP contribution in [-0.2, 0) is 4.79 Å². The van der Waals surface area contributed by atoms with Crippen molar-refractivity contribution in [3.8, 4) is 0 Å². The fourth-order valence-electron chi connectivity index (χ4n) is 1.92. The molecule has 20 heavy (non-hydrogen) atoms. The molecule has 0 bridgehead atoms. The minimum Gasteiger partial charge on any atom is -0.480 e. The molecule has 0 fully saturated rings. The first kappa shape index (κ1) is 16.0. The summed E-state index contributed by atoms with van der Waals surface area (Å²) in [6.45, 7) is 5.05. The van der Waals surface area contributed by atoms with Gasteiger partial charge in [-0.1, -0.05) is 24.3 Å². The summed E-state index contributed by atoms with van der Waals surface area (Å²) in [4.78, 5) is 22.6. The van der Waals surface area contributed by atoms with Crippen LogP contribution in [0.2, 0.25) is 0 Å². The topological polar surface area (TPSA) is 98.7 Å². The number of carbonyl (C=O) groups is 2. The maximum Gasteiger partial charge on any atom is 0.328 e. The Balaban J connectivity index is 2.67. The van der Waals surface area contributed by atoms with Crippen LogP contribution in [0.25, 0.3) is 0 Å². The van der Waals surface area contributed by atoms with E-state index in [1.54, 1.807) is 6.92 Å². The number of carboxylic acid groups (broad SMARTS) is 1. The molecule has 0 aliphatic rings. The average Bonchev–Trinajstić information content (AvgIpc) is 2.35.